The van der Waals surface area contributed by atoms with Gasteiger partial charge in [-0.05, 0) is 42.0 Å². The molecule has 8 nitrogen and oxygen atoms in total. The number of benzene rings is 3. The summed E-state index contributed by atoms with van der Waals surface area (Å²) >= 11 is 0. The molecule has 2 aromatic heterocycles. The van der Waals surface area contributed by atoms with Crippen molar-refractivity contribution in [3.8, 4) is 28.4 Å². The number of phenols is 1. The van der Waals surface area contributed by atoms with Crippen LogP contribution in [0.25, 0.3) is 27.8 Å². The molecule has 186 valence electrons. The van der Waals surface area contributed by atoms with Crippen LogP contribution in [0.5, 0.6) is 11.5 Å². The summed E-state index contributed by atoms with van der Waals surface area (Å²) in [6, 6.07) is 18.2. The van der Waals surface area contributed by atoms with E-state index in [4.69, 9.17) is 4.74 Å². The predicted octanol–water partition coefficient (Wildman–Crippen LogP) is 4.06. The highest BCUT2D eigenvalue weighted by Crippen LogP contribution is 2.46. The molecule has 37 heavy (non-hydrogen) atoms. The molecule has 3 aromatic carbocycles. The molecule has 0 saturated heterocycles. The maximum Gasteiger partial charge on any atom is 0.331 e. The first-order chi connectivity index (χ1) is 17.8. The molecule has 9 heteroatoms. The minimum atomic E-state index is -0.565. The van der Waals surface area contributed by atoms with Crippen molar-refractivity contribution in [1.29, 1.82) is 0 Å². The first-order valence-corrected chi connectivity index (χ1v) is 11.7. The Labute approximate surface area is 210 Å². The molecule has 5 aromatic rings. The normalized spacial score (nSPS) is 14.2. The van der Waals surface area contributed by atoms with Crippen molar-refractivity contribution in [2.75, 3.05) is 12.4 Å². The summed E-state index contributed by atoms with van der Waals surface area (Å²) in [5, 5.41) is 14.0. The Hall–Kier alpha value is -4.79. The first-order valence-electron chi connectivity index (χ1n) is 11.7. The average Bonchev–Trinajstić information content (AvgIpc) is 3.27. The van der Waals surface area contributed by atoms with Gasteiger partial charge in [-0.25, -0.2) is 9.18 Å². The highest BCUT2D eigenvalue weighted by atomic mass is 19.1. The number of aromatic hydroxyl groups is 1. The molecule has 0 fully saturated rings. The van der Waals surface area contributed by atoms with Crippen LogP contribution in [0.3, 0.4) is 0 Å². The number of para-hydroxylation sites is 2. The summed E-state index contributed by atoms with van der Waals surface area (Å²) in [4.78, 5) is 26.8. The van der Waals surface area contributed by atoms with E-state index in [-0.39, 0.29) is 22.4 Å². The van der Waals surface area contributed by atoms with E-state index >= 15 is 4.39 Å². The zero-order valence-corrected chi connectivity index (χ0v) is 20.3. The number of hydrogen-bond acceptors (Lipinski definition) is 5. The van der Waals surface area contributed by atoms with Crippen LogP contribution in [0.1, 0.15) is 17.3 Å². The molecular weight excluding hydrogens is 475 g/mol. The van der Waals surface area contributed by atoms with Gasteiger partial charge in [-0.15, -0.1) is 0 Å². The molecule has 2 N–H and O–H groups in total. The zero-order chi connectivity index (χ0) is 26.0. The molecule has 3 heterocycles. The van der Waals surface area contributed by atoms with E-state index < -0.39 is 23.1 Å². The van der Waals surface area contributed by atoms with Gasteiger partial charge in [-0.2, -0.15) is 0 Å². The van der Waals surface area contributed by atoms with Crippen molar-refractivity contribution in [1.82, 2.24) is 13.7 Å². The SMILES string of the molecule is COc1cc(C2Nc3ccccc3-n3c(-c4ccccc4F)c4c(=O)n(C)c(=O)n(C)c4c32)ccc1O. The summed E-state index contributed by atoms with van der Waals surface area (Å²) in [6.45, 7) is 0. The maximum atomic E-state index is 15.4. The highest BCUT2D eigenvalue weighted by molar-refractivity contribution is 5.99. The molecule has 6 rings (SSSR count). The van der Waals surface area contributed by atoms with Gasteiger partial charge < -0.3 is 19.7 Å². The highest BCUT2D eigenvalue weighted by Gasteiger charge is 2.35. The number of hydrogen-bond donors (Lipinski definition) is 2. The van der Waals surface area contributed by atoms with Gasteiger partial charge in [-0.1, -0.05) is 30.3 Å². The minimum Gasteiger partial charge on any atom is -0.504 e. The lowest BCUT2D eigenvalue weighted by atomic mass is 9.99. The van der Waals surface area contributed by atoms with Crippen LogP contribution < -0.4 is 21.3 Å². The Morgan fingerprint density at radius 2 is 1.70 bits per heavy atom. The molecule has 0 amide bonds. The zero-order valence-electron chi connectivity index (χ0n) is 20.3. The number of aryl methyl sites for hydroxylation is 1. The van der Waals surface area contributed by atoms with Gasteiger partial charge in [-0.3, -0.25) is 13.9 Å². The number of anilines is 1. The third-order valence-corrected chi connectivity index (χ3v) is 6.99. The number of halogens is 1. The molecule has 0 aliphatic carbocycles. The molecule has 1 aliphatic heterocycles. The number of phenolic OH excluding ortho intramolecular Hbond substituents is 1. The van der Waals surface area contributed by atoms with E-state index in [0.29, 0.717) is 22.6 Å². The molecule has 0 saturated carbocycles. The van der Waals surface area contributed by atoms with Crippen molar-refractivity contribution < 1.29 is 14.2 Å². The van der Waals surface area contributed by atoms with Gasteiger partial charge in [0.05, 0.1) is 46.8 Å². The fourth-order valence-corrected chi connectivity index (χ4v) is 5.25. The average molecular weight is 499 g/mol. The third kappa shape index (κ3) is 3.13. The molecule has 0 radical (unpaired) electrons. The number of nitrogens with one attached hydrogen (secondary N) is 1. The monoisotopic (exact) mass is 498 g/mol. The Morgan fingerprint density at radius 1 is 0.973 bits per heavy atom. The third-order valence-electron chi connectivity index (χ3n) is 6.99. The lowest BCUT2D eigenvalue weighted by Crippen LogP contribution is -2.37. The summed E-state index contributed by atoms with van der Waals surface area (Å²) in [7, 11) is 4.48. The summed E-state index contributed by atoms with van der Waals surface area (Å²) < 4.78 is 25.0. The van der Waals surface area contributed by atoms with Crippen molar-refractivity contribution in [3.63, 3.8) is 0 Å². The molecular formula is C28H23FN4O4. The van der Waals surface area contributed by atoms with E-state index in [9.17, 15) is 14.7 Å². The smallest absolute Gasteiger partial charge is 0.331 e. The van der Waals surface area contributed by atoms with Crippen LogP contribution >= 0.6 is 0 Å². The summed E-state index contributed by atoms with van der Waals surface area (Å²) in [5.74, 6) is -0.227. The van der Waals surface area contributed by atoms with E-state index in [1.807, 2.05) is 28.8 Å². The lowest BCUT2D eigenvalue weighted by molar-refractivity contribution is 0.373. The number of aromatic nitrogens is 3. The number of methoxy groups -OCH3 is 1. The molecule has 0 bridgehead atoms. The molecule has 1 atom stereocenters. The fourth-order valence-electron chi connectivity index (χ4n) is 5.25. The summed E-state index contributed by atoms with van der Waals surface area (Å²) in [5.41, 5.74) is 2.78. The Kier molecular flexibility index (Phi) is 4.98. The van der Waals surface area contributed by atoms with E-state index in [1.165, 1.54) is 30.9 Å². The number of ether oxygens (including phenoxy) is 1. The van der Waals surface area contributed by atoms with Crippen LogP contribution in [0.4, 0.5) is 10.1 Å². The van der Waals surface area contributed by atoms with Crippen molar-refractivity contribution >= 4 is 16.6 Å². The van der Waals surface area contributed by atoms with Crippen LogP contribution in [-0.2, 0) is 14.1 Å². The Balaban J connectivity index is 1.85. The molecule has 1 unspecified atom stereocenters. The van der Waals surface area contributed by atoms with Crippen LogP contribution in [0, 0.1) is 5.82 Å². The number of nitrogens with zero attached hydrogens (tertiary/aromatic N) is 3. The number of rotatable bonds is 3. The van der Waals surface area contributed by atoms with Crippen molar-refractivity contribution in [2.24, 2.45) is 14.1 Å². The van der Waals surface area contributed by atoms with E-state index in [2.05, 4.69) is 5.32 Å². The van der Waals surface area contributed by atoms with Gasteiger partial charge >= 0.3 is 5.69 Å². The van der Waals surface area contributed by atoms with Crippen LogP contribution in [-0.4, -0.2) is 25.9 Å². The van der Waals surface area contributed by atoms with Gasteiger partial charge in [0.2, 0.25) is 0 Å². The second kappa shape index (κ2) is 8.12. The minimum absolute atomic E-state index is 0.0176. The quantitative estimate of drug-likeness (QED) is 0.392. The topological polar surface area (TPSA) is 90.4 Å². The second-order valence-electron chi connectivity index (χ2n) is 9.00. The number of fused-ring (bicyclic) bond motifs is 5. The van der Waals surface area contributed by atoms with Crippen LogP contribution in [0.2, 0.25) is 0 Å². The van der Waals surface area contributed by atoms with Crippen molar-refractivity contribution in [3.05, 3.63) is 105 Å². The molecule has 0 spiro atoms. The van der Waals surface area contributed by atoms with Gasteiger partial charge in [0.1, 0.15) is 5.82 Å². The Bertz CT molecular complexity index is 1850. The standard InChI is InChI=1S/C28H23FN4O4/c1-31-25-22(27(35)32(2)28(31)36)24(16-8-4-5-9-17(16)29)33-19-11-7-6-10-18(19)30-23(26(25)33)15-12-13-20(34)21(14-15)37-3/h4-14,23,30,34H,1-3H3. The second-order valence-corrected chi connectivity index (χ2v) is 9.00. The maximum absolute atomic E-state index is 15.4. The largest absolute Gasteiger partial charge is 0.504 e. The fraction of sp³-hybridized carbons (Fsp3) is 0.143. The van der Waals surface area contributed by atoms with E-state index in [1.54, 1.807) is 37.4 Å². The predicted molar refractivity (Wildman–Crippen MR) is 139 cm³/mol. The first kappa shape index (κ1) is 22.7. The summed E-state index contributed by atoms with van der Waals surface area (Å²) in [6.07, 6.45) is 0. The van der Waals surface area contributed by atoms with Gasteiger partial charge in [0, 0.05) is 19.7 Å². The Morgan fingerprint density at radius 3 is 2.46 bits per heavy atom. The molecule has 1 aliphatic rings. The van der Waals surface area contributed by atoms with Crippen molar-refractivity contribution in [2.45, 2.75) is 6.04 Å². The van der Waals surface area contributed by atoms with E-state index in [0.717, 1.165) is 15.8 Å². The van der Waals surface area contributed by atoms with Crippen LogP contribution in [0.15, 0.2) is 76.3 Å². The lowest BCUT2D eigenvalue weighted by Gasteiger charge is -2.31. The van der Waals surface area contributed by atoms with Gasteiger partial charge in [0.15, 0.2) is 11.5 Å². The van der Waals surface area contributed by atoms with Gasteiger partial charge in [0.25, 0.3) is 5.56 Å².